The van der Waals surface area contributed by atoms with Gasteiger partial charge in [-0.2, -0.15) is 10.2 Å². The summed E-state index contributed by atoms with van der Waals surface area (Å²) in [7, 11) is 0. The predicted molar refractivity (Wildman–Crippen MR) is 223 cm³/mol. The number of carboxylic acids is 2. The number of carbonyl (C=O) groups is 2. The Morgan fingerprint density at radius 1 is 0.885 bits per heavy atom. The summed E-state index contributed by atoms with van der Waals surface area (Å²) in [6, 6.07) is 20.7. The van der Waals surface area contributed by atoms with Gasteiger partial charge < -0.3 is 40.5 Å². The minimum atomic E-state index is -1.12. The molecule has 0 amide bonds. The van der Waals surface area contributed by atoms with E-state index < -0.39 is 36.7 Å². The summed E-state index contributed by atoms with van der Waals surface area (Å²) >= 11 is 13.9. The van der Waals surface area contributed by atoms with Gasteiger partial charge in [0.15, 0.2) is 11.5 Å². The van der Waals surface area contributed by atoms with Crippen molar-refractivity contribution >= 4 is 40.8 Å². The first-order valence-electron chi connectivity index (χ1n) is 19.3. The van der Waals surface area contributed by atoms with Crippen molar-refractivity contribution in [3.8, 4) is 40.3 Å². The van der Waals surface area contributed by atoms with Crippen molar-refractivity contribution in [1.29, 1.82) is 5.26 Å². The third kappa shape index (κ3) is 10.6. The van der Waals surface area contributed by atoms with Gasteiger partial charge in [0.1, 0.15) is 23.8 Å². The zero-order valence-electron chi connectivity index (χ0n) is 32.5. The highest BCUT2D eigenvalue weighted by Gasteiger charge is 2.29. The van der Waals surface area contributed by atoms with Gasteiger partial charge in [-0.05, 0) is 59.4 Å². The highest BCUT2D eigenvalue weighted by molar-refractivity contribution is 6.36. The molecular weight excluding hydrogens is 827 g/mol. The minimum absolute atomic E-state index is 0.00503. The number of hydrogen-bond donors (Lipinski definition) is 6. The molecular formula is C43H40Cl2N8O8. The molecule has 4 heterocycles. The zero-order valence-corrected chi connectivity index (χ0v) is 34.0. The van der Waals surface area contributed by atoms with Crippen LogP contribution in [0.4, 0.5) is 0 Å². The first kappa shape index (κ1) is 42.9. The number of halogens is 2. The molecule has 6 aromatic rings. The fourth-order valence-electron chi connectivity index (χ4n) is 7.09. The number of carboxylic acid groups (broad SMARTS) is 2. The van der Waals surface area contributed by atoms with Gasteiger partial charge in [0, 0.05) is 67.0 Å². The van der Waals surface area contributed by atoms with Gasteiger partial charge in [-0.15, -0.1) is 5.10 Å². The van der Waals surface area contributed by atoms with Crippen molar-refractivity contribution in [2.75, 3.05) is 13.1 Å². The highest BCUT2D eigenvalue weighted by atomic mass is 35.5. The Morgan fingerprint density at radius 2 is 1.61 bits per heavy atom. The van der Waals surface area contributed by atoms with Crippen LogP contribution in [0, 0.1) is 11.3 Å². The van der Waals surface area contributed by atoms with Gasteiger partial charge in [-0.25, -0.2) is 9.50 Å². The van der Waals surface area contributed by atoms with Crippen LogP contribution in [0.3, 0.4) is 0 Å². The number of aromatic nitrogens is 5. The van der Waals surface area contributed by atoms with E-state index in [1.807, 2.05) is 54.7 Å². The fraction of sp³-hybridized carbons (Fsp3) is 0.279. The smallest absolute Gasteiger partial charge is 0.306 e. The van der Waals surface area contributed by atoms with E-state index in [-0.39, 0.29) is 49.4 Å². The number of aliphatic hydroxyl groups is 2. The van der Waals surface area contributed by atoms with Crippen molar-refractivity contribution in [2.24, 2.45) is 0 Å². The number of benzene rings is 2. The summed E-state index contributed by atoms with van der Waals surface area (Å²) in [5.41, 5.74) is 7.39. The number of rotatable bonds is 19. The van der Waals surface area contributed by atoms with Gasteiger partial charge in [0.05, 0.1) is 35.6 Å². The molecule has 1 aliphatic rings. The number of pyridine rings is 3. The third-order valence-corrected chi connectivity index (χ3v) is 10.6. The summed E-state index contributed by atoms with van der Waals surface area (Å²) in [5, 5.41) is 58.7. The Morgan fingerprint density at radius 3 is 2.36 bits per heavy atom. The van der Waals surface area contributed by atoms with E-state index in [4.69, 9.17) is 53.0 Å². The normalized spacial score (nSPS) is 14.3. The Bertz CT molecular complexity index is 2620. The molecule has 0 radical (unpaired) electrons. The van der Waals surface area contributed by atoms with Crippen molar-refractivity contribution in [3.63, 3.8) is 0 Å². The molecule has 0 aliphatic heterocycles. The highest BCUT2D eigenvalue weighted by Crippen LogP contribution is 2.44. The minimum Gasteiger partial charge on any atom is -0.481 e. The quantitative estimate of drug-likeness (QED) is 0.0587. The molecule has 0 saturated heterocycles. The van der Waals surface area contributed by atoms with Crippen LogP contribution in [0.25, 0.3) is 28.2 Å². The number of hydrogen-bond acceptors (Lipinski definition) is 13. The van der Waals surface area contributed by atoms with Crippen LogP contribution in [0.5, 0.6) is 11.8 Å². The summed E-state index contributed by atoms with van der Waals surface area (Å²) in [5.74, 6) is -1.41. The van der Waals surface area contributed by atoms with E-state index in [0.29, 0.717) is 58.1 Å². The summed E-state index contributed by atoms with van der Waals surface area (Å²) in [6.45, 7) is 0.710. The molecule has 3 atom stereocenters. The van der Waals surface area contributed by atoms with Crippen LogP contribution in [0.2, 0.25) is 10.0 Å². The van der Waals surface area contributed by atoms with Crippen molar-refractivity contribution in [1.82, 2.24) is 35.2 Å². The summed E-state index contributed by atoms with van der Waals surface area (Å²) in [4.78, 5) is 35.4. The van der Waals surface area contributed by atoms with Gasteiger partial charge in [-0.3, -0.25) is 14.6 Å². The Labute approximate surface area is 359 Å². The maximum Gasteiger partial charge on any atom is 0.306 e. The second kappa shape index (κ2) is 19.5. The summed E-state index contributed by atoms with van der Waals surface area (Å²) in [6.07, 6.45) is 2.87. The lowest BCUT2D eigenvalue weighted by molar-refractivity contribution is -0.140. The maximum atomic E-state index is 11.0. The predicted octanol–water partition coefficient (Wildman–Crippen LogP) is 5.53. The number of aliphatic carboxylic acids is 2. The van der Waals surface area contributed by atoms with Crippen LogP contribution < -0.4 is 20.1 Å². The topological polar surface area (TPSA) is 237 Å². The largest absolute Gasteiger partial charge is 0.481 e. The molecule has 0 fully saturated rings. The van der Waals surface area contributed by atoms with Gasteiger partial charge in [0.2, 0.25) is 11.8 Å². The van der Waals surface area contributed by atoms with E-state index in [2.05, 4.69) is 26.7 Å². The molecule has 1 aliphatic carbocycles. The van der Waals surface area contributed by atoms with E-state index in [0.717, 1.165) is 27.8 Å². The number of ether oxygens (including phenoxy) is 2. The molecule has 2 aromatic carbocycles. The lowest BCUT2D eigenvalue weighted by Crippen LogP contribution is -2.28. The van der Waals surface area contributed by atoms with Crippen molar-refractivity contribution in [3.05, 3.63) is 123 Å². The molecule has 0 spiro atoms. The third-order valence-electron chi connectivity index (χ3n) is 9.90. The van der Waals surface area contributed by atoms with E-state index in [9.17, 15) is 25.1 Å². The lowest BCUT2D eigenvalue weighted by Gasteiger charge is -2.19. The maximum absolute atomic E-state index is 11.0. The molecule has 61 heavy (non-hydrogen) atoms. The van der Waals surface area contributed by atoms with E-state index >= 15 is 0 Å². The average Bonchev–Trinajstić information content (AvgIpc) is 3.85. The molecule has 4 aromatic heterocycles. The Balaban J connectivity index is 1.10. The van der Waals surface area contributed by atoms with E-state index in [1.165, 1.54) is 6.20 Å². The monoisotopic (exact) mass is 866 g/mol. The van der Waals surface area contributed by atoms with Gasteiger partial charge >= 0.3 is 11.9 Å². The molecule has 7 rings (SSSR count). The average molecular weight is 868 g/mol. The van der Waals surface area contributed by atoms with E-state index in [1.54, 1.807) is 22.8 Å². The number of nitrogens with zero attached hydrogens (tertiary/aromatic N) is 6. The molecule has 16 nitrogen and oxygen atoms in total. The molecule has 0 bridgehead atoms. The van der Waals surface area contributed by atoms with Crippen molar-refractivity contribution < 1.29 is 39.5 Å². The van der Waals surface area contributed by atoms with Crippen LogP contribution in [0.1, 0.15) is 58.7 Å². The summed E-state index contributed by atoms with van der Waals surface area (Å²) < 4.78 is 14.3. The van der Waals surface area contributed by atoms with Crippen LogP contribution >= 0.6 is 23.2 Å². The molecule has 0 saturated carbocycles. The number of fused-ring (bicyclic) bond motifs is 2. The zero-order chi connectivity index (χ0) is 43.0. The van der Waals surface area contributed by atoms with Gasteiger partial charge in [-0.1, -0.05) is 59.6 Å². The fourth-order valence-corrected chi connectivity index (χ4v) is 7.63. The molecule has 314 valence electrons. The van der Waals surface area contributed by atoms with Crippen LogP contribution in [-0.4, -0.2) is 82.2 Å². The number of aliphatic hydroxyl groups excluding tert-OH is 2. The SMILES string of the molecule is N#Cc1cncc(COc2nc(O[C@H]3CCc4c(-c5cccc(-c6nc7ccc(CNC[C@@H](O)CC(=O)O)cn7n6)c5Cl)cccc43)c(Cl)cc2CNC[C@@H](O)CC(=O)O)c1. The van der Waals surface area contributed by atoms with Crippen molar-refractivity contribution in [2.45, 2.75) is 63.7 Å². The standard InChI is InChI=1S/C43H40Cl2N8O8/c44-35-12-27(19-49-21-29(55)14-39(58)59)42(60-23-26-11-25(15-46)17-47-18-26)51-43(35)61-36-9-8-31-30(3-1-4-32(31)36)33-5-2-6-34(40(33)45)41-50-37-10-7-24(22-53(37)52-41)16-48-20-28(54)13-38(56)57/h1-7,10-12,17-18,22,28-29,36,48-49,54-55H,8-9,13-14,16,19-21,23H2,(H,56,57)(H,58,59)/t28-,29-,36-/m0/s1. The second-order valence-corrected chi connectivity index (χ2v) is 15.2. The first-order valence-corrected chi connectivity index (χ1v) is 20.0. The Hall–Kier alpha value is -6.19. The molecule has 6 N–H and O–H groups in total. The molecule has 18 heteroatoms. The lowest BCUT2D eigenvalue weighted by atomic mass is 9.95. The van der Waals surface area contributed by atoms with Gasteiger partial charge in [0.25, 0.3) is 0 Å². The van der Waals surface area contributed by atoms with Crippen LogP contribution in [-0.2, 0) is 35.7 Å². The number of nitrogens with one attached hydrogen (secondary N) is 2. The number of nitriles is 1. The molecule has 0 unspecified atom stereocenters. The van der Waals surface area contributed by atoms with Crippen LogP contribution in [0.15, 0.2) is 79.3 Å². The second-order valence-electron chi connectivity index (χ2n) is 14.4. The first-order chi connectivity index (χ1) is 29.4. The Kier molecular flexibility index (Phi) is 13.7.